The number of hydrogen-bond acceptors (Lipinski definition) is 5. The van der Waals surface area contributed by atoms with Crippen molar-refractivity contribution in [3.8, 4) is 5.69 Å². The molecule has 8 heteroatoms. The number of carbonyl (C=O) groups is 2. The summed E-state index contributed by atoms with van der Waals surface area (Å²) in [6, 6.07) is 8.68. The van der Waals surface area contributed by atoms with Crippen molar-refractivity contribution >= 4 is 11.9 Å². The maximum absolute atomic E-state index is 12.4. The van der Waals surface area contributed by atoms with E-state index in [9.17, 15) is 14.7 Å². The first-order chi connectivity index (χ1) is 11.7. The molecule has 1 aromatic carbocycles. The molecule has 24 heavy (non-hydrogen) atoms. The van der Waals surface area contributed by atoms with Crippen LogP contribution >= 0.6 is 0 Å². The van der Waals surface area contributed by atoms with Gasteiger partial charge in [-0.15, -0.1) is 10.2 Å². The number of carboxylic acids is 1. The highest BCUT2D eigenvalue weighted by Crippen LogP contribution is 2.13. The average molecular weight is 330 g/mol. The van der Waals surface area contributed by atoms with Crippen LogP contribution in [0.5, 0.6) is 0 Å². The monoisotopic (exact) mass is 330 g/mol. The number of aryl methyl sites for hydroxylation is 1. The van der Waals surface area contributed by atoms with Gasteiger partial charge in [0.1, 0.15) is 12.2 Å². The number of benzene rings is 1. The second-order valence-electron chi connectivity index (χ2n) is 5.47. The fourth-order valence-corrected chi connectivity index (χ4v) is 2.70. The third-order valence-electron chi connectivity index (χ3n) is 3.95. The Kier molecular flexibility index (Phi) is 4.85. The van der Waals surface area contributed by atoms with Crippen LogP contribution in [0, 0.1) is 0 Å². The molecule has 3 rings (SSSR count). The van der Waals surface area contributed by atoms with Crippen molar-refractivity contribution in [2.24, 2.45) is 0 Å². The second-order valence-corrected chi connectivity index (χ2v) is 5.47. The van der Waals surface area contributed by atoms with E-state index in [4.69, 9.17) is 4.74 Å². The molecule has 1 aliphatic heterocycles. The fraction of sp³-hybridized carbons (Fsp3) is 0.375. The zero-order chi connectivity index (χ0) is 16.9. The summed E-state index contributed by atoms with van der Waals surface area (Å²) in [6.45, 7) is 0.679. The van der Waals surface area contributed by atoms with Crippen molar-refractivity contribution in [2.75, 3.05) is 19.8 Å². The molecule has 0 bridgehead atoms. The molecule has 0 unspecified atom stereocenters. The minimum atomic E-state index is -1.05. The molecule has 1 amide bonds. The van der Waals surface area contributed by atoms with Crippen molar-refractivity contribution in [1.29, 1.82) is 0 Å². The first-order valence-electron chi connectivity index (χ1n) is 7.71. The molecule has 2 heterocycles. The second kappa shape index (κ2) is 7.22. The highest BCUT2D eigenvalue weighted by molar-refractivity contribution is 5.84. The molecule has 0 radical (unpaired) electrons. The number of aromatic nitrogens is 3. The molecule has 1 aromatic heterocycles. The Labute approximate surface area is 138 Å². The van der Waals surface area contributed by atoms with Gasteiger partial charge in [0.2, 0.25) is 5.91 Å². The van der Waals surface area contributed by atoms with E-state index < -0.39 is 12.0 Å². The number of carbonyl (C=O) groups excluding carboxylic acids is 1. The van der Waals surface area contributed by atoms with Crippen molar-refractivity contribution in [2.45, 2.75) is 18.9 Å². The third-order valence-corrected chi connectivity index (χ3v) is 3.95. The first-order valence-corrected chi connectivity index (χ1v) is 7.71. The molecular weight excluding hydrogens is 312 g/mol. The molecule has 0 saturated carbocycles. The summed E-state index contributed by atoms with van der Waals surface area (Å²) in [5, 5.41) is 17.2. The zero-order valence-electron chi connectivity index (χ0n) is 13.0. The van der Waals surface area contributed by atoms with Crippen LogP contribution in [0.3, 0.4) is 0 Å². The van der Waals surface area contributed by atoms with Crippen LogP contribution in [-0.2, 0) is 20.7 Å². The Balaban J connectivity index is 1.67. The molecule has 1 fully saturated rings. The first kappa shape index (κ1) is 16.1. The smallest absolute Gasteiger partial charge is 0.328 e. The molecule has 0 aliphatic carbocycles. The summed E-state index contributed by atoms with van der Waals surface area (Å²) in [6.07, 6.45) is 2.16. The topological polar surface area (TPSA) is 97.6 Å². The van der Waals surface area contributed by atoms with Gasteiger partial charge < -0.3 is 14.7 Å². The van der Waals surface area contributed by atoms with Crippen LogP contribution in [0.1, 0.15) is 12.2 Å². The van der Waals surface area contributed by atoms with Gasteiger partial charge in [0.05, 0.1) is 13.2 Å². The Morgan fingerprint density at radius 3 is 2.83 bits per heavy atom. The molecule has 2 aromatic rings. The van der Waals surface area contributed by atoms with Crippen LogP contribution in [0.2, 0.25) is 0 Å². The van der Waals surface area contributed by atoms with E-state index in [1.165, 1.54) is 4.90 Å². The predicted molar refractivity (Wildman–Crippen MR) is 83.6 cm³/mol. The minimum absolute atomic E-state index is 0.0290. The summed E-state index contributed by atoms with van der Waals surface area (Å²) in [7, 11) is 0. The SMILES string of the molecule is O=C(O)[C@@H]1COCCN1C(=O)CCc1nncn1-c1ccccc1. The summed E-state index contributed by atoms with van der Waals surface area (Å²) in [5.74, 6) is -0.599. The van der Waals surface area contributed by atoms with E-state index in [1.54, 1.807) is 6.33 Å². The van der Waals surface area contributed by atoms with E-state index in [1.807, 2.05) is 34.9 Å². The molecule has 1 aliphatic rings. The number of para-hydroxylation sites is 1. The lowest BCUT2D eigenvalue weighted by Crippen LogP contribution is -2.52. The summed E-state index contributed by atoms with van der Waals surface area (Å²) >= 11 is 0. The lowest BCUT2D eigenvalue weighted by molar-refractivity contribution is -0.158. The number of ether oxygens (including phenoxy) is 1. The van der Waals surface area contributed by atoms with Gasteiger partial charge in [-0.3, -0.25) is 9.36 Å². The highest BCUT2D eigenvalue weighted by Gasteiger charge is 2.32. The molecular formula is C16H18N4O4. The van der Waals surface area contributed by atoms with E-state index in [-0.39, 0.29) is 18.9 Å². The maximum atomic E-state index is 12.4. The minimum Gasteiger partial charge on any atom is -0.480 e. The molecule has 1 saturated heterocycles. The van der Waals surface area contributed by atoms with E-state index >= 15 is 0 Å². The molecule has 126 valence electrons. The van der Waals surface area contributed by atoms with Gasteiger partial charge in [0.15, 0.2) is 6.04 Å². The Bertz CT molecular complexity index is 716. The van der Waals surface area contributed by atoms with Crippen molar-refractivity contribution < 1.29 is 19.4 Å². The van der Waals surface area contributed by atoms with Crippen LogP contribution in [0.25, 0.3) is 5.69 Å². The molecule has 1 N–H and O–H groups in total. The van der Waals surface area contributed by atoms with Crippen molar-refractivity contribution in [3.63, 3.8) is 0 Å². The van der Waals surface area contributed by atoms with Gasteiger partial charge in [-0.25, -0.2) is 4.79 Å². The maximum Gasteiger partial charge on any atom is 0.328 e. The van der Waals surface area contributed by atoms with Crippen LogP contribution in [-0.4, -0.2) is 62.4 Å². The summed E-state index contributed by atoms with van der Waals surface area (Å²) in [4.78, 5) is 25.0. The normalized spacial score (nSPS) is 17.7. The number of aliphatic carboxylic acids is 1. The van der Waals surface area contributed by atoms with Crippen molar-refractivity contribution in [3.05, 3.63) is 42.5 Å². The predicted octanol–water partition coefficient (Wildman–Crippen LogP) is 0.512. The van der Waals surface area contributed by atoms with Crippen LogP contribution in [0.4, 0.5) is 0 Å². The number of rotatable bonds is 5. The van der Waals surface area contributed by atoms with Crippen LogP contribution in [0.15, 0.2) is 36.7 Å². The van der Waals surface area contributed by atoms with E-state index in [0.717, 1.165) is 5.69 Å². The fourth-order valence-electron chi connectivity index (χ4n) is 2.70. The molecule has 8 nitrogen and oxygen atoms in total. The largest absolute Gasteiger partial charge is 0.480 e. The van der Waals surface area contributed by atoms with Gasteiger partial charge in [-0.2, -0.15) is 0 Å². The molecule has 0 spiro atoms. The van der Waals surface area contributed by atoms with Gasteiger partial charge in [0, 0.05) is 25.1 Å². The van der Waals surface area contributed by atoms with E-state index in [2.05, 4.69) is 10.2 Å². The average Bonchev–Trinajstić information content (AvgIpc) is 3.09. The van der Waals surface area contributed by atoms with Gasteiger partial charge >= 0.3 is 5.97 Å². The summed E-state index contributed by atoms with van der Waals surface area (Å²) in [5.41, 5.74) is 0.916. The van der Waals surface area contributed by atoms with Crippen molar-refractivity contribution in [1.82, 2.24) is 19.7 Å². The standard InChI is InChI=1S/C16H18N4O4/c21-15(19-8-9-24-10-13(19)16(22)23)7-6-14-18-17-11-20(14)12-4-2-1-3-5-12/h1-5,11,13H,6-10H2,(H,22,23)/t13-/m0/s1. The Hall–Kier alpha value is -2.74. The summed E-state index contributed by atoms with van der Waals surface area (Å²) < 4.78 is 6.97. The third kappa shape index (κ3) is 3.43. The highest BCUT2D eigenvalue weighted by atomic mass is 16.5. The number of carboxylic acid groups (broad SMARTS) is 1. The number of amides is 1. The quantitative estimate of drug-likeness (QED) is 0.858. The van der Waals surface area contributed by atoms with Gasteiger partial charge in [0.25, 0.3) is 0 Å². The number of nitrogens with zero attached hydrogens (tertiary/aromatic N) is 4. The van der Waals surface area contributed by atoms with E-state index in [0.29, 0.717) is 25.4 Å². The number of hydrogen-bond donors (Lipinski definition) is 1. The van der Waals surface area contributed by atoms with Gasteiger partial charge in [-0.05, 0) is 12.1 Å². The lowest BCUT2D eigenvalue weighted by Gasteiger charge is -2.32. The van der Waals surface area contributed by atoms with Crippen LogP contribution < -0.4 is 0 Å². The Morgan fingerprint density at radius 2 is 2.08 bits per heavy atom. The number of morpholine rings is 1. The Morgan fingerprint density at radius 1 is 1.29 bits per heavy atom. The van der Waals surface area contributed by atoms with Gasteiger partial charge in [-0.1, -0.05) is 18.2 Å². The lowest BCUT2D eigenvalue weighted by atomic mass is 10.2. The molecule has 1 atom stereocenters. The zero-order valence-corrected chi connectivity index (χ0v) is 13.0.